The van der Waals surface area contributed by atoms with Gasteiger partial charge in [0.25, 0.3) is 0 Å². The molecule has 1 N–H and O–H groups in total. The molecule has 3 heterocycles. The lowest BCUT2D eigenvalue weighted by atomic mass is 9.65. The summed E-state index contributed by atoms with van der Waals surface area (Å²) in [5, 5.41) is 13.3. The van der Waals surface area contributed by atoms with Gasteiger partial charge in [0.1, 0.15) is 5.60 Å². The third kappa shape index (κ3) is 3.43. The van der Waals surface area contributed by atoms with Crippen LogP contribution in [0.1, 0.15) is 24.0 Å². The van der Waals surface area contributed by atoms with E-state index >= 15 is 0 Å². The summed E-state index contributed by atoms with van der Waals surface area (Å²) in [5.74, 6) is 0.676. The summed E-state index contributed by atoms with van der Waals surface area (Å²) in [6.45, 7) is 3.20. The van der Waals surface area contributed by atoms with Crippen molar-refractivity contribution >= 4 is 23.2 Å². The van der Waals surface area contributed by atoms with Gasteiger partial charge in [-0.15, -0.1) is 0 Å². The monoisotopic (exact) mass is 396 g/mol. The number of benzene rings is 2. The maximum atomic E-state index is 12.0. The molecule has 2 bridgehead atoms. The van der Waals surface area contributed by atoms with Gasteiger partial charge in [0.15, 0.2) is 0 Å². The van der Waals surface area contributed by atoms with Crippen LogP contribution in [0.3, 0.4) is 0 Å². The Hall–Kier alpha value is -0.770. The summed E-state index contributed by atoms with van der Waals surface area (Å²) in [6, 6.07) is 15.2. The third-order valence-corrected chi connectivity index (χ3v) is 6.19. The summed E-state index contributed by atoms with van der Waals surface area (Å²) in [5.41, 5.74) is 0.645. The number of fused-ring (bicyclic) bond motifs is 3. The molecule has 0 spiro atoms. The number of aliphatic hydroxyl groups is 1. The normalized spacial score (nSPS) is 25.5. The fraction of sp³-hybridized carbons (Fsp3) is 0.400. The molecule has 25 heavy (non-hydrogen) atoms. The summed E-state index contributed by atoms with van der Waals surface area (Å²) >= 11 is 12.5. The molecule has 5 heteroatoms. The molecular weight excluding hydrogens is 377 g/mol. The highest BCUT2D eigenvalue weighted by molar-refractivity contribution is 6.31. The molecule has 134 valence electrons. The largest absolute Gasteiger partial charge is 1.00 e. The number of hydrogen-bond acceptors (Lipinski definition) is 2. The molecule has 0 aromatic heterocycles. The molecule has 3 fully saturated rings. The summed E-state index contributed by atoms with van der Waals surface area (Å²) in [4.78, 5) is 2.46. The van der Waals surface area contributed by atoms with Gasteiger partial charge >= 0.3 is 0 Å². The topological polar surface area (TPSA) is 23.5 Å². The molecule has 0 aliphatic carbocycles. The SMILES string of the molecule is OC(c1cccc(Cl)c1)(c1cccc(Cl)c1)C1CN2CCC1CC2.[Cl-]. The zero-order chi connectivity index (χ0) is 16.7. The zero-order valence-electron chi connectivity index (χ0n) is 13.8. The van der Waals surface area contributed by atoms with E-state index in [2.05, 4.69) is 4.90 Å². The van der Waals surface area contributed by atoms with Crippen LogP contribution >= 0.6 is 23.2 Å². The lowest BCUT2D eigenvalue weighted by Crippen LogP contribution is -3.00. The molecule has 3 aliphatic rings. The second-order valence-electron chi connectivity index (χ2n) is 7.03. The van der Waals surface area contributed by atoms with Crippen molar-refractivity contribution in [2.45, 2.75) is 18.4 Å². The van der Waals surface area contributed by atoms with Crippen molar-refractivity contribution in [3.05, 3.63) is 69.7 Å². The molecule has 0 saturated carbocycles. The van der Waals surface area contributed by atoms with Crippen molar-refractivity contribution in [1.29, 1.82) is 0 Å². The molecule has 5 rings (SSSR count). The standard InChI is InChI=1S/C20H21Cl2NO.ClH/c21-17-5-1-3-15(11-17)20(24,16-4-2-6-18(22)12-16)19-13-23-9-7-14(19)8-10-23;/h1-6,11-12,14,19,24H,7-10,13H2;1H/p-1. The van der Waals surface area contributed by atoms with Gasteiger partial charge in [-0.1, -0.05) is 47.5 Å². The third-order valence-electron chi connectivity index (χ3n) is 5.72. The average Bonchev–Trinajstić information content (AvgIpc) is 2.62. The van der Waals surface area contributed by atoms with Crippen LogP contribution < -0.4 is 12.4 Å². The minimum atomic E-state index is -1.07. The van der Waals surface area contributed by atoms with Gasteiger partial charge < -0.3 is 22.4 Å². The van der Waals surface area contributed by atoms with Gasteiger partial charge in [-0.3, -0.25) is 0 Å². The van der Waals surface area contributed by atoms with Crippen molar-refractivity contribution in [2.75, 3.05) is 19.6 Å². The highest BCUT2D eigenvalue weighted by Crippen LogP contribution is 2.47. The van der Waals surface area contributed by atoms with Crippen LogP contribution in [0.2, 0.25) is 10.0 Å². The molecule has 2 aromatic rings. The van der Waals surface area contributed by atoms with Gasteiger partial charge in [-0.2, -0.15) is 0 Å². The van der Waals surface area contributed by atoms with Crippen molar-refractivity contribution in [1.82, 2.24) is 4.90 Å². The first-order valence-corrected chi connectivity index (χ1v) is 9.30. The number of halogens is 3. The van der Waals surface area contributed by atoms with Gasteiger partial charge in [-0.05, 0) is 67.2 Å². The Bertz CT molecular complexity index is 698. The van der Waals surface area contributed by atoms with Crippen molar-refractivity contribution in [3.63, 3.8) is 0 Å². The van der Waals surface area contributed by atoms with Crippen molar-refractivity contribution < 1.29 is 17.5 Å². The van der Waals surface area contributed by atoms with Crippen LogP contribution in [-0.4, -0.2) is 29.6 Å². The van der Waals surface area contributed by atoms with Crippen LogP contribution in [0.25, 0.3) is 0 Å². The van der Waals surface area contributed by atoms with E-state index in [1.807, 2.05) is 48.5 Å². The quantitative estimate of drug-likeness (QED) is 0.850. The average molecular weight is 398 g/mol. The fourth-order valence-corrected chi connectivity index (χ4v) is 4.86. The van der Waals surface area contributed by atoms with E-state index in [9.17, 15) is 5.11 Å². The van der Waals surface area contributed by atoms with Gasteiger partial charge in [0, 0.05) is 22.5 Å². The number of rotatable bonds is 3. The van der Waals surface area contributed by atoms with Gasteiger partial charge in [0.2, 0.25) is 0 Å². The Balaban J connectivity index is 0.00000182. The van der Waals surface area contributed by atoms with Crippen LogP contribution in [0.15, 0.2) is 48.5 Å². The molecule has 2 nitrogen and oxygen atoms in total. The molecule has 0 amide bonds. The summed E-state index contributed by atoms with van der Waals surface area (Å²) < 4.78 is 0. The number of piperidine rings is 3. The smallest absolute Gasteiger partial charge is 0.119 e. The fourth-order valence-electron chi connectivity index (χ4n) is 4.48. The Morgan fingerprint density at radius 2 is 1.44 bits per heavy atom. The second-order valence-corrected chi connectivity index (χ2v) is 7.90. The summed E-state index contributed by atoms with van der Waals surface area (Å²) in [6.07, 6.45) is 2.29. The number of hydrogen-bond donors (Lipinski definition) is 1. The molecule has 0 radical (unpaired) electrons. The van der Waals surface area contributed by atoms with Crippen LogP contribution in [-0.2, 0) is 5.60 Å². The van der Waals surface area contributed by atoms with E-state index in [-0.39, 0.29) is 18.3 Å². The Morgan fingerprint density at radius 3 is 1.84 bits per heavy atom. The van der Waals surface area contributed by atoms with E-state index in [0.29, 0.717) is 16.0 Å². The predicted octanol–water partition coefficient (Wildman–Crippen LogP) is 1.58. The van der Waals surface area contributed by atoms with Crippen molar-refractivity contribution in [2.24, 2.45) is 11.8 Å². The van der Waals surface area contributed by atoms with E-state index in [4.69, 9.17) is 23.2 Å². The molecule has 2 aromatic carbocycles. The van der Waals surface area contributed by atoms with Gasteiger partial charge in [-0.25, -0.2) is 0 Å². The lowest BCUT2D eigenvalue weighted by Gasteiger charge is -2.51. The Morgan fingerprint density at radius 1 is 0.920 bits per heavy atom. The zero-order valence-corrected chi connectivity index (χ0v) is 16.1. The first kappa shape index (κ1) is 19.0. The van der Waals surface area contributed by atoms with E-state index in [0.717, 1.165) is 43.6 Å². The van der Waals surface area contributed by atoms with Crippen molar-refractivity contribution in [3.8, 4) is 0 Å². The first-order valence-electron chi connectivity index (χ1n) is 8.54. The second kappa shape index (κ2) is 7.46. The van der Waals surface area contributed by atoms with Gasteiger partial charge in [0.05, 0.1) is 0 Å². The molecule has 3 saturated heterocycles. The highest BCUT2D eigenvalue weighted by Gasteiger charge is 2.48. The van der Waals surface area contributed by atoms with Crippen LogP contribution in [0.4, 0.5) is 0 Å². The van der Waals surface area contributed by atoms with E-state index < -0.39 is 5.60 Å². The Labute approximate surface area is 165 Å². The lowest BCUT2D eigenvalue weighted by molar-refractivity contribution is -0.0764. The predicted molar refractivity (Wildman–Crippen MR) is 98.6 cm³/mol. The molecule has 3 aliphatic heterocycles. The highest BCUT2D eigenvalue weighted by atomic mass is 35.5. The molecular formula is C20H21Cl3NO-. The summed E-state index contributed by atoms with van der Waals surface area (Å²) in [7, 11) is 0. The molecule has 1 unspecified atom stereocenters. The Kier molecular flexibility index (Phi) is 5.67. The minimum absolute atomic E-state index is 0. The first-order chi connectivity index (χ1) is 11.6. The maximum absolute atomic E-state index is 12.0. The molecule has 1 atom stereocenters. The van der Waals surface area contributed by atoms with Crippen LogP contribution in [0.5, 0.6) is 0 Å². The van der Waals surface area contributed by atoms with E-state index in [1.165, 1.54) is 0 Å². The maximum Gasteiger partial charge on any atom is 0.119 e. The minimum Gasteiger partial charge on any atom is -1.00 e. The van der Waals surface area contributed by atoms with Crippen LogP contribution in [0, 0.1) is 11.8 Å². The number of nitrogens with zero attached hydrogens (tertiary/aromatic N) is 1. The van der Waals surface area contributed by atoms with E-state index in [1.54, 1.807) is 0 Å².